The highest BCUT2D eigenvalue weighted by Crippen LogP contribution is 2.41. The summed E-state index contributed by atoms with van der Waals surface area (Å²) in [5.41, 5.74) is 4.06. The predicted molar refractivity (Wildman–Crippen MR) is 106 cm³/mol. The van der Waals surface area contributed by atoms with Crippen molar-refractivity contribution >= 4 is 17.7 Å². The third-order valence-electron chi connectivity index (χ3n) is 5.29. The Morgan fingerprint density at radius 1 is 1.26 bits per heavy atom. The smallest absolute Gasteiger partial charge is 0.230 e. The van der Waals surface area contributed by atoms with Crippen LogP contribution in [0, 0.1) is 17.2 Å². The maximum absolute atomic E-state index is 12.6. The molecule has 138 valence electrons. The van der Waals surface area contributed by atoms with Crippen molar-refractivity contribution in [3.63, 3.8) is 0 Å². The number of nitrogens with one attached hydrogen (secondary N) is 1. The number of aromatic nitrogens is 1. The van der Waals surface area contributed by atoms with Crippen molar-refractivity contribution in [2.45, 2.75) is 49.6 Å². The van der Waals surface area contributed by atoms with Gasteiger partial charge in [-0.15, -0.1) is 0 Å². The summed E-state index contributed by atoms with van der Waals surface area (Å²) in [6.45, 7) is 0. The quantitative estimate of drug-likeness (QED) is 0.767. The molecule has 1 fully saturated rings. The zero-order valence-electron chi connectivity index (χ0n) is 15.3. The van der Waals surface area contributed by atoms with Crippen LogP contribution in [0.2, 0.25) is 0 Å². The van der Waals surface area contributed by atoms with Crippen molar-refractivity contribution in [3.05, 3.63) is 58.8 Å². The number of hydrogen-bond acceptors (Lipinski definition) is 4. The minimum absolute atomic E-state index is 0.00386. The van der Waals surface area contributed by atoms with E-state index in [-0.39, 0.29) is 17.7 Å². The molecule has 1 atom stereocenters. The molecule has 5 heteroatoms. The van der Waals surface area contributed by atoms with Gasteiger partial charge in [-0.05, 0) is 61.6 Å². The SMILES string of the molecule is N#Cc1cc2c(nc1SCC(=O)NC(c1ccccc1)C1CC1)CCCC2. The van der Waals surface area contributed by atoms with Gasteiger partial charge < -0.3 is 5.32 Å². The summed E-state index contributed by atoms with van der Waals surface area (Å²) in [6, 6.07) is 14.5. The average Bonchev–Trinajstić information content (AvgIpc) is 3.55. The number of pyridine rings is 1. The van der Waals surface area contributed by atoms with E-state index in [4.69, 9.17) is 4.98 Å². The number of rotatable bonds is 6. The second kappa shape index (κ2) is 8.14. The van der Waals surface area contributed by atoms with Crippen LogP contribution < -0.4 is 5.32 Å². The Bertz CT molecular complexity index is 871. The molecule has 1 amide bonds. The molecule has 0 spiro atoms. The normalized spacial score (nSPS) is 16.9. The van der Waals surface area contributed by atoms with Gasteiger partial charge in [0.25, 0.3) is 0 Å². The van der Waals surface area contributed by atoms with E-state index in [1.165, 1.54) is 22.9 Å². The predicted octanol–water partition coefficient (Wildman–Crippen LogP) is 4.19. The molecule has 2 aromatic rings. The molecule has 27 heavy (non-hydrogen) atoms. The molecule has 1 aromatic carbocycles. The van der Waals surface area contributed by atoms with Crippen LogP contribution in [-0.4, -0.2) is 16.6 Å². The third kappa shape index (κ3) is 4.33. The van der Waals surface area contributed by atoms with E-state index in [1.54, 1.807) is 0 Å². The minimum atomic E-state index is 0.00386. The van der Waals surface area contributed by atoms with Crippen LogP contribution in [0.3, 0.4) is 0 Å². The fraction of sp³-hybridized carbons (Fsp3) is 0.409. The first kappa shape index (κ1) is 18.1. The van der Waals surface area contributed by atoms with Crippen molar-refractivity contribution in [3.8, 4) is 6.07 Å². The highest BCUT2D eigenvalue weighted by molar-refractivity contribution is 8.00. The summed E-state index contributed by atoms with van der Waals surface area (Å²) in [7, 11) is 0. The van der Waals surface area contributed by atoms with E-state index < -0.39 is 0 Å². The number of fused-ring (bicyclic) bond motifs is 1. The Hall–Kier alpha value is -2.32. The second-order valence-electron chi connectivity index (χ2n) is 7.35. The number of carbonyl (C=O) groups excluding carboxylic acids is 1. The van der Waals surface area contributed by atoms with Gasteiger partial charge in [0.1, 0.15) is 11.1 Å². The Kier molecular flexibility index (Phi) is 5.45. The number of amides is 1. The van der Waals surface area contributed by atoms with Crippen LogP contribution in [-0.2, 0) is 17.6 Å². The van der Waals surface area contributed by atoms with E-state index in [0.717, 1.165) is 44.2 Å². The Labute approximate surface area is 164 Å². The van der Waals surface area contributed by atoms with Crippen LogP contribution in [0.4, 0.5) is 0 Å². The average molecular weight is 378 g/mol. The Balaban J connectivity index is 1.42. The van der Waals surface area contributed by atoms with Crippen molar-refractivity contribution in [1.82, 2.24) is 10.3 Å². The van der Waals surface area contributed by atoms with Gasteiger partial charge in [-0.2, -0.15) is 5.26 Å². The van der Waals surface area contributed by atoms with E-state index in [0.29, 0.717) is 16.5 Å². The number of nitriles is 1. The first-order valence-electron chi connectivity index (χ1n) is 9.64. The molecule has 4 rings (SSSR count). The van der Waals surface area contributed by atoms with Crippen LogP contribution in [0.25, 0.3) is 0 Å². The van der Waals surface area contributed by atoms with Gasteiger partial charge in [0.15, 0.2) is 0 Å². The third-order valence-corrected chi connectivity index (χ3v) is 6.29. The largest absolute Gasteiger partial charge is 0.348 e. The molecule has 0 radical (unpaired) electrons. The molecule has 1 aromatic heterocycles. The molecular weight excluding hydrogens is 354 g/mol. The maximum Gasteiger partial charge on any atom is 0.230 e. The number of carbonyl (C=O) groups is 1. The van der Waals surface area contributed by atoms with Gasteiger partial charge in [-0.25, -0.2) is 4.98 Å². The Morgan fingerprint density at radius 3 is 2.78 bits per heavy atom. The molecule has 4 nitrogen and oxygen atoms in total. The standard InChI is InChI=1S/C22H23N3OS/c23-13-18-12-17-8-4-5-9-19(17)24-22(18)27-14-20(26)25-21(16-10-11-16)15-6-2-1-3-7-15/h1-3,6-7,12,16,21H,4-5,8-11,14H2,(H,25,26). The van der Waals surface area contributed by atoms with Crippen molar-refractivity contribution in [2.24, 2.45) is 5.92 Å². The summed E-state index contributed by atoms with van der Waals surface area (Å²) in [5.74, 6) is 0.832. The topological polar surface area (TPSA) is 65.8 Å². The zero-order valence-corrected chi connectivity index (χ0v) is 16.1. The van der Waals surface area contributed by atoms with E-state index in [9.17, 15) is 10.1 Å². The van der Waals surface area contributed by atoms with Crippen LogP contribution >= 0.6 is 11.8 Å². The Morgan fingerprint density at radius 2 is 2.04 bits per heavy atom. The molecule has 1 unspecified atom stereocenters. The minimum Gasteiger partial charge on any atom is -0.348 e. The maximum atomic E-state index is 12.6. The van der Waals surface area contributed by atoms with Gasteiger partial charge in [-0.1, -0.05) is 42.1 Å². The molecular formula is C22H23N3OS. The number of aryl methyl sites for hydroxylation is 2. The van der Waals surface area contributed by atoms with E-state index in [1.807, 2.05) is 24.3 Å². The lowest BCUT2D eigenvalue weighted by Crippen LogP contribution is -2.31. The highest BCUT2D eigenvalue weighted by Gasteiger charge is 2.33. The van der Waals surface area contributed by atoms with Gasteiger partial charge in [0, 0.05) is 5.69 Å². The molecule has 1 heterocycles. The van der Waals surface area contributed by atoms with Crippen LogP contribution in [0.1, 0.15) is 54.1 Å². The number of thioether (sulfide) groups is 1. The van der Waals surface area contributed by atoms with Crippen molar-refractivity contribution < 1.29 is 4.79 Å². The van der Waals surface area contributed by atoms with Gasteiger partial charge >= 0.3 is 0 Å². The summed E-state index contributed by atoms with van der Waals surface area (Å²) < 4.78 is 0. The lowest BCUT2D eigenvalue weighted by molar-refractivity contribution is -0.119. The molecule has 2 aliphatic rings. The molecule has 1 saturated carbocycles. The zero-order chi connectivity index (χ0) is 18.6. The lowest BCUT2D eigenvalue weighted by Gasteiger charge is -2.19. The van der Waals surface area contributed by atoms with Crippen molar-refractivity contribution in [2.75, 3.05) is 5.75 Å². The number of nitrogens with zero attached hydrogens (tertiary/aromatic N) is 2. The van der Waals surface area contributed by atoms with Crippen molar-refractivity contribution in [1.29, 1.82) is 5.26 Å². The van der Waals surface area contributed by atoms with E-state index in [2.05, 4.69) is 23.5 Å². The first-order valence-corrected chi connectivity index (χ1v) is 10.6. The molecule has 0 aliphatic heterocycles. The van der Waals surface area contributed by atoms with E-state index >= 15 is 0 Å². The molecule has 2 aliphatic carbocycles. The fourth-order valence-electron chi connectivity index (χ4n) is 3.72. The fourth-order valence-corrected chi connectivity index (χ4v) is 4.50. The summed E-state index contributed by atoms with van der Waals surface area (Å²) in [6.07, 6.45) is 6.62. The first-order chi connectivity index (χ1) is 13.2. The molecule has 0 saturated heterocycles. The second-order valence-corrected chi connectivity index (χ2v) is 8.31. The van der Waals surface area contributed by atoms with Crippen LogP contribution in [0.5, 0.6) is 0 Å². The molecule has 0 bridgehead atoms. The van der Waals surface area contributed by atoms with Gasteiger partial charge in [0.2, 0.25) is 5.91 Å². The number of benzene rings is 1. The van der Waals surface area contributed by atoms with Crippen LogP contribution in [0.15, 0.2) is 41.4 Å². The highest BCUT2D eigenvalue weighted by atomic mass is 32.2. The summed E-state index contributed by atoms with van der Waals surface area (Å²) in [4.78, 5) is 17.3. The molecule has 1 N–H and O–H groups in total. The summed E-state index contributed by atoms with van der Waals surface area (Å²) >= 11 is 1.38. The summed E-state index contributed by atoms with van der Waals surface area (Å²) in [5, 5.41) is 13.3. The lowest BCUT2D eigenvalue weighted by atomic mass is 9.95. The monoisotopic (exact) mass is 377 g/mol. The number of hydrogen-bond donors (Lipinski definition) is 1. The van der Waals surface area contributed by atoms with Gasteiger partial charge in [-0.3, -0.25) is 4.79 Å². The van der Waals surface area contributed by atoms with Gasteiger partial charge in [0.05, 0.1) is 17.4 Å².